The topological polar surface area (TPSA) is 49.8 Å². The third kappa shape index (κ3) is 4.79. The number of carbonyl (C=O) groups is 1. The third-order valence-corrected chi connectivity index (χ3v) is 3.62. The Bertz CT molecular complexity index is 616. The van der Waals surface area contributed by atoms with Gasteiger partial charge in [0, 0.05) is 13.7 Å². The zero-order valence-corrected chi connectivity index (χ0v) is 13.0. The zero-order valence-electron chi connectivity index (χ0n) is 13.0. The summed E-state index contributed by atoms with van der Waals surface area (Å²) in [6.07, 6.45) is 0.447. The number of amides is 1. The number of likely N-dealkylation sites (N-methyl/N-ethyl adjacent to an activating group) is 1. The summed E-state index contributed by atoms with van der Waals surface area (Å²) < 4.78 is 18.2. The normalized spacial score (nSPS) is 11.8. The van der Waals surface area contributed by atoms with Crippen molar-refractivity contribution in [3.63, 3.8) is 0 Å². The lowest BCUT2D eigenvalue weighted by molar-refractivity contribution is -0.134. The van der Waals surface area contributed by atoms with Crippen molar-refractivity contribution in [2.75, 3.05) is 20.3 Å². The average molecular weight is 317 g/mol. The molecule has 1 unspecified atom stereocenters. The molecule has 0 saturated heterocycles. The molecule has 0 heterocycles. The predicted molar refractivity (Wildman–Crippen MR) is 85.6 cm³/mol. The number of rotatable bonds is 7. The maximum absolute atomic E-state index is 12.8. The lowest BCUT2D eigenvalue weighted by Gasteiger charge is -2.28. The van der Waals surface area contributed by atoms with Gasteiger partial charge in [-0.2, -0.15) is 0 Å². The lowest BCUT2D eigenvalue weighted by Crippen LogP contribution is -2.35. The van der Waals surface area contributed by atoms with E-state index in [2.05, 4.69) is 0 Å². The molecular formula is C18H20FNO3. The van der Waals surface area contributed by atoms with E-state index < -0.39 is 0 Å². The Balaban J connectivity index is 2.00. The first-order chi connectivity index (χ1) is 11.1. The van der Waals surface area contributed by atoms with Crippen LogP contribution in [-0.4, -0.2) is 36.2 Å². The standard InChI is InChI=1S/C18H20FNO3/c1-20(17(11-12-21)14-5-3-2-4-6-14)18(22)13-23-16-9-7-15(19)8-10-16/h2-10,17,21H,11-13H2,1H3. The maximum Gasteiger partial charge on any atom is 0.260 e. The van der Waals surface area contributed by atoms with Crippen molar-refractivity contribution >= 4 is 5.91 Å². The summed E-state index contributed by atoms with van der Waals surface area (Å²) in [4.78, 5) is 13.9. The number of hydrogen-bond donors (Lipinski definition) is 1. The fraction of sp³-hybridized carbons (Fsp3) is 0.278. The molecule has 5 heteroatoms. The van der Waals surface area contributed by atoms with E-state index in [1.54, 1.807) is 11.9 Å². The summed E-state index contributed by atoms with van der Waals surface area (Å²) in [6.45, 7) is -0.160. The fourth-order valence-corrected chi connectivity index (χ4v) is 2.33. The third-order valence-electron chi connectivity index (χ3n) is 3.62. The van der Waals surface area contributed by atoms with E-state index in [-0.39, 0.29) is 31.0 Å². The van der Waals surface area contributed by atoms with Crippen molar-refractivity contribution in [2.45, 2.75) is 12.5 Å². The van der Waals surface area contributed by atoms with Gasteiger partial charge in [-0.25, -0.2) is 4.39 Å². The van der Waals surface area contributed by atoms with Crippen LogP contribution in [0.15, 0.2) is 54.6 Å². The monoisotopic (exact) mass is 317 g/mol. The van der Waals surface area contributed by atoms with E-state index in [1.807, 2.05) is 30.3 Å². The second kappa shape index (κ2) is 8.29. The van der Waals surface area contributed by atoms with Crippen LogP contribution in [0.4, 0.5) is 4.39 Å². The van der Waals surface area contributed by atoms with E-state index in [4.69, 9.17) is 4.74 Å². The van der Waals surface area contributed by atoms with Crippen LogP contribution in [0.5, 0.6) is 5.75 Å². The number of aliphatic hydroxyl groups excluding tert-OH is 1. The van der Waals surface area contributed by atoms with Gasteiger partial charge in [-0.3, -0.25) is 4.79 Å². The van der Waals surface area contributed by atoms with Gasteiger partial charge >= 0.3 is 0 Å². The summed E-state index contributed by atoms with van der Waals surface area (Å²) in [5.41, 5.74) is 0.958. The Morgan fingerprint density at radius 1 is 1.17 bits per heavy atom. The van der Waals surface area contributed by atoms with Crippen molar-refractivity contribution in [1.82, 2.24) is 4.90 Å². The second-order valence-corrected chi connectivity index (χ2v) is 5.19. The van der Waals surface area contributed by atoms with Crippen LogP contribution in [0.1, 0.15) is 18.0 Å². The molecule has 0 spiro atoms. The van der Waals surface area contributed by atoms with Gasteiger partial charge in [-0.15, -0.1) is 0 Å². The molecule has 0 aliphatic heterocycles. The van der Waals surface area contributed by atoms with Crippen LogP contribution in [-0.2, 0) is 4.79 Å². The highest BCUT2D eigenvalue weighted by Gasteiger charge is 2.21. The SMILES string of the molecule is CN(C(=O)COc1ccc(F)cc1)C(CCO)c1ccccc1. The highest BCUT2D eigenvalue weighted by Crippen LogP contribution is 2.23. The summed E-state index contributed by atoms with van der Waals surface area (Å²) in [6, 6.07) is 14.8. The van der Waals surface area contributed by atoms with Crippen molar-refractivity contribution < 1.29 is 19.0 Å². The molecule has 0 bridgehead atoms. The molecule has 4 nitrogen and oxygen atoms in total. The smallest absolute Gasteiger partial charge is 0.260 e. The number of ether oxygens (including phenoxy) is 1. The minimum atomic E-state index is -0.354. The molecule has 1 atom stereocenters. The van der Waals surface area contributed by atoms with Crippen LogP contribution in [0, 0.1) is 5.82 Å². The molecule has 2 rings (SSSR count). The first kappa shape index (κ1) is 17.0. The summed E-state index contributed by atoms with van der Waals surface area (Å²) >= 11 is 0. The molecule has 1 amide bonds. The fourth-order valence-electron chi connectivity index (χ4n) is 2.33. The summed E-state index contributed by atoms with van der Waals surface area (Å²) in [7, 11) is 1.68. The average Bonchev–Trinajstić information content (AvgIpc) is 2.59. The Morgan fingerprint density at radius 3 is 2.43 bits per heavy atom. The van der Waals surface area contributed by atoms with Crippen molar-refractivity contribution in [1.29, 1.82) is 0 Å². The molecule has 1 N–H and O–H groups in total. The molecule has 122 valence electrons. The molecule has 0 saturated carbocycles. The van der Waals surface area contributed by atoms with Gasteiger partial charge in [0.25, 0.3) is 5.91 Å². The van der Waals surface area contributed by atoms with Gasteiger partial charge in [0.2, 0.25) is 0 Å². The number of nitrogens with zero attached hydrogens (tertiary/aromatic N) is 1. The largest absolute Gasteiger partial charge is 0.484 e. The number of benzene rings is 2. The van der Waals surface area contributed by atoms with Gasteiger partial charge in [0.05, 0.1) is 6.04 Å². The predicted octanol–water partition coefficient (Wildman–Crippen LogP) is 2.79. The Kier molecular flexibility index (Phi) is 6.11. The van der Waals surface area contributed by atoms with E-state index in [0.717, 1.165) is 5.56 Å². The molecule has 2 aromatic rings. The van der Waals surface area contributed by atoms with Crippen LogP contribution >= 0.6 is 0 Å². The molecule has 0 aromatic heterocycles. The Morgan fingerprint density at radius 2 is 1.83 bits per heavy atom. The van der Waals surface area contributed by atoms with E-state index in [9.17, 15) is 14.3 Å². The van der Waals surface area contributed by atoms with Gasteiger partial charge in [0.1, 0.15) is 11.6 Å². The minimum absolute atomic E-state index is 0.0179. The molecule has 2 aromatic carbocycles. The van der Waals surface area contributed by atoms with Crippen LogP contribution in [0.2, 0.25) is 0 Å². The van der Waals surface area contributed by atoms with E-state index in [1.165, 1.54) is 24.3 Å². The highest BCUT2D eigenvalue weighted by molar-refractivity contribution is 5.78. The van der Waals surface area contributed by atoms with Crippen molar-refractivity contribution in [2.24, 2.45) is 0 Å². The summed E-state index contributed by atoms with van der Waals surface area (Å²) in [5.74, 6) is -0.129. The van der Waals surface area contributed by atoms with Gasteiger partial charge in [0.15, 0.2) is 6.61 Å². The molecular weight excluding hydrogens is 297 g/mol. The van der Waals surface area contributed by atoms with Crippen LogP contribution < -0.4 is 4.74 Å². The van der Waals surface area contributed by atoms with Gasteiger partial charge in [-0.1, -0.05) is 30.3 Å². The molecule has 0 aliphatic rings. The van der Waals surface area contributed by atoms with E-state index >= 15 is 0 Å². The molecule has 0 radical (unpaired) electrons. The molecule has 23 heavy (non-hydrogen) atoms. The Labute approximate surface area is 135 Å². The molecule has 0 fully saturated rings. The quantitative estimate of drug-likeness (QED) is 0.854. The number of halogens is 1. The lowest BCUT2D eigenvalue weighted by atomic mass is 10.0. The number of carbonyl (C=O) groups excluding carboxylic acids is 1. The number of hydrogen-bond acceptors (Lipinski definition) is 3. The maximum atomic E-state index is 12.8. The second-order valence-electron chi connectivity index (χ2n) is 5.19. The summed E-state index contributed by atoms with van der Waals surface area (Å²) in [5, 5.41) is 9.26. The highest BCUT2D eigenvalue weighted by atomic mass is 19.1. The van der Waals surface area contributed by atoms with Crippen molar-refractivity contribution in [3.8, 4) is 5.75 Å². The van der Waals surface area contributed by atoms with Crippen LogP contribution in [0.3, 0.4) is 0 Å². The zero-order chi connectivity index (χ0) is 16.7. The Hall–Kier alpha value is -2.40. The molecule has 0 aliphatic carbocycles. The first-order valence-corrected chi connectivity index (χ1v) is 7.41. The van der Waals surface area contributed by atoms with Crippen molar-refractivity contribution in [3.05, 3.63) is 66.0 Å². The van der Waals surface area contributed by atoms with Crippen LogP contribution in [0.25, 0.3) is 0 Å². The first-order valence-electron chi connectivity index (χ1n) is 7.41. The van der Waals surface area contributed by atoms with Gasteiger partial charge < -0.3 is 14.7 Å². The minimum Gasteiger partial charge on any atom is -0.484 e. The van der Waals surface area contributed by atoms with E-state index in [0.29, 0.717) is 12.2 Å². The number of aliphatic hydroxyl groups is 1. The van der Waals surface area contributed by atoms with Gasteiger partial charge in [-0.05, 0) is 36.2 Å².